The third-order valence-corrected chi connectivity index (χ3v) is 3.39. The molecule has 0 unspecified atom stereocenters. The first-order chi connectivity index (χ1) is 10.2. The van der Waals surface area contributed by atoms with Gasteiger partial charge in [0.15, 0.2) is 0 Å². The number of nitrogens with zero attached hydrogens (tertiary/aromatic N) is 2. The maximum Gasteiger partial charge on any atom is 0.224 e. The van der Waals surface area contributed by atoms with Crippen LogP contribution in [0.25, 0.3) is 0 Å². The predicted molar refractivity (Wildman–Crippen MR) is 79.4 cm³/mol. The first-order valence-corrected chi connectivity index (χ1v) is 7.22. The summed E-state index contributed by atoms with van der Waals surface area (Å²) in [5.41, 5.74) is 0.869. The Kier molecular flexibility index (Phi) is 3.73. The fraction of sp³-hybridized carbons (Fsp3) is 0.375. The van der Waals surface area contributed by atoms with E-state index in [9.17, 15) is 4.39 Å². The van der Waals surface area contributed by atoms with Crippen molar-refractivity contribution in [2.75, 3.05) is 11.9 Å². The van der Waals surface area contributed by atoms with E-state index in [1.807, 2.05) is 13.8 Å². The molecule has 0 spiro atoms. The Labute approximate surface area is 123 Å². The zero-order valence-corrected chi connectivity index (χ0v) is 12.2. The van der Waals surface area contributed by atoms with Gasteiger partial charge in [0.25, 0.3) is 0 Å². The molecule has 0 radical (unpaired) electrons. The lowest BCUT2D eigenvalue weighted by Gasteiger charge is -2.11. The van der Waals surface area contributed by atoms with Crippen LogP contribution in [-0.2, 0) is 0 Å². The van der Waals surface area contributed by atoms with Gasteiger partial charge in [0.05, 0.1) is 0 Å². The van der Waals surface area contributed by atoms with Gasteiger partial charge in [0.1, 0.15) is 23.2 Å². The van der Waals surface area contributed by atoms with Crippen LogP contribution in [0.5, 0.6) is 11.6 Å². The molecule has 1 saturated carbocycles. The number of hydrogen-bond acceptors (Lipinski definition) is 4. The summed E-state index contributed by atoms with van der Waals surface area (Å²) in [5.74, 6) is 2.60. The predicted octanol–water partition coefficient (Wildman–Crippen LogP) is 4.03. The van der Waals surface area contributed by atoms with Gasteiger partial charge in [-0.25, -0.2) is 9.37 Å². The monoisotopic (exact) mass is 287 g/mol. The second kappa shape index (κ2) is 5.68. The van der Waals surface area contributed by atoms with E-state index in [2.05, 4.69) is 15.3 Å². The van der Waals surface area contributed by atoms with Crippen molar-refractivity contribution in [1.29, 1.82) is 0 Å². The molecule has 0 amide bonds. The van der Waals surface area contributed by atoms with Crippen LogP contribution in [0.2, 0.25) is 0 Å². The Hall–Kier alpha value is -2.17. The van der Waals surface area contributed by atoms with Gasteiger partial charge >= 0.3 is 0 Å². The molecule has 21 heavy (non-hydrogen) atoms. The van der Waals surface area contributed by atoms with Crippen LogP contribution >= 0.6 is 0 Å². The Balaban J connectivity index is 1.91. The Morgan fingerprint density at radius 2 is 2.10 bits per heavy atom. The number of hydrogen-bond donors (Lipinski definition) is 1. The van der Waals surface area contributed by atoms with Gasteiger partial charge in [-0.1, -0.05) is 6.07 Å². The van der Waals surface area contributed by atoms with E-state index in [1.165, 1.54) is 12.1 Å². The number of ether oxygens (including phenoxy) is 1. The van der Waals surface area contributed by atoms with Crippen LogP contribution in [0.1, 0.15) is 37.1 Å². The molecule has 1 heterocycles. The lowest BCUT2D eigenvalue weighted by molar-refractivity contribution is 0.451. The van der Waals surface area contributed by atoms with Gasteiger partial charge < -0.3 is 10.1 Å². The smallest absolute Gasteiger partial charge is 0.224 e. The SMILES string of the molecule is CCNc1cc(Oc2cc(F)ccc2C)nc(C2CC2)n1. The highest BCUT2D eigenvalue weighted by Crippen LogP contribution is 2.39. The highest BCUT2D eigenvalue weighted by molar-refractivity contribution is 5.42. The second-order valence-corrected chi connectivity index (χ2v) is 5.27. The summed E-state index contributed by atoms with van der Waals surface area (Å²) in [6.45, 7) is 4.67. The second-order valence-electron chi connectivity index (χ2n) is 5.27. The highest BCUT2D eigenvalue weighted by Gasteiger charge is 2.27. The minimum absolute atomic E-state index is 0.320. The average Bonchev–Trinajstić information content (AvgIpc) is 3.28. The van der Waals surface area contributed by atoms with Gasteiger partial charge in [-0.05, 0) is 38.3 Å². The van der Waals surface area contributed by atoms with Crippen LogP contribution in [0, 0.1) is 12.7 Å². The molecule has 0 saturated heterocycles. The van der Waals surface area contributed by atoms with Gasteiger partial charge in [0.2, 0.25) is 5.88 Å². The van der Waals surface area contributed by atoms with E-state index in [-0.39, 0.29) is 5.82 Å². The molecule has 1 fully saturated rings. The van der Waals surface area contributed by atoms with Crippen molar-refractivity contribution in [3.63, 3.8) is 0 Å². The standard InChI is InChI=1S/C16H18FN3O/c1-3-18-14-9-15(20-16(19-14)11-5-6-11)21-13-8-12(17)7-4-10(13)2/h4,7-9,11H,3,5-6H2,1-2H3,(H,18,19,20). The minimum atomic E-state index is -0.320. The van der Waals surface area contributed by atoms with Crippen molar-refractivity contribution in [3.05, 3.63) is 41.5 Å². The van der Waals surface area contributed by atoms with E-state index < -0.39 is 0 Å². The summed E-state index contributed by atoms with van der Waals surface area (Å²) in [6.07, 6.45) is 2.24. The summed E-state index contributed by atoms with van der Waals surface area (Å²) in [4.78, 5) is 8.94. The Bertz CT molecular complexity index is 656. The molecule has 0 bridgehead atoms. The third-order valence-electron chi connectivity index (χ3n) is 3.39. The number of halogens is 1. The van der Waals surface area contributed by atoms with Crippen LogP contribution in [0.4, 0.5) is 10.2 Å². The molecular formula is C16H18FN3O. The molecule has 4 nitrogen and oxygen atoms in total. The van der Waals surface area contributed by atoms with Crippen LogP contribution < -0.4 is 10.1 Å². The van der Waals surface area contributed by atoms with Crippen molar-refractivity contribution in [2.45, 2.75) is 32.6 Å². The van der Waals surface area contributed by atoms with E-state index in [0.29, 0.717) is 17.5 Å². The number of nitrogens with one attached hydrogen (secondary N) is 1. The summed E-state index contributed by atoms with van der Waals surface area (Å²) in [7, 11) is 0. The number of aryl methyl sites for hydroxylation is 1. The quantitative estimate of drug-likeness (QED) is 0.902. The Morgan fingerprint density at radius 1 is 1.29 bits per heavy atom. The normalized spacial score (nSPS) is 14.0. The number of anilines is 1. The zero-order valence-electron chi connectivity index (χ0n) is 12.2. The summed E-state index contributed by atoms with van der Waals surface area (Å²) in [6, 6.07) is 6.24. The van der Waals surface area contributed by atoms with Gasteiger partial charge in [-0.2, -0.15) is 4.98 Å². The molecule has 2 aromatic rings. The maximum absolute atomic E-state index is 13.3. The zero-order chi connectivity index (χ0) is 14.8. The fourth-order valence-corrected chi connectivity index (χ4v) is 2.09. The summed E-state index contributed by atoms with van der Waals surface area (Å²) in [5, 5.41) is 3.18. The molecule has 0 atom stereocenters. The van der Waals surface area contributed by atoms with Crippen molar-refractivity contribution >= 4 is 5.82 Å². The van der Waals surface area contributed by atoms with Crippen molar-refractivity contribution in [2.24, 2.45) is 0 Å². The summed E-state index contributed by atoms with van der Waals surface area (Å²) >= 11 is 0. The van der Waals surface area contributed by atoms with Gasteiger partial charge in [0, 0.05) is 24.6 Å². The fourth-order valence-electron chi connectivity index (χ4n) is 2.09. The van der Waals surface area contributed by atoms with Gasteiger partial charge in [-0.15, -0.1) is 0 Å². The highest BCUT2D eigenvalue weighted by atomic mass is 19.1. The molecule has 1 aliphatic carbocycles. The van der Waals surface area contributed by atoms with E-state index in [4.69, 9.17) is 4.74 Å². The number of aromatic nitrogens is 2. The summed E-state index contributed by atoms with van der Waals surface area (Å²) < 4.78 is 19.1. The van der Waals surface area contributed by atoms with Crippen LogP contribution in [0.3, 0.4) is 0 Å². The van der Waals surface area contributed by atoms with E-state index >= 15 is 0 Å². The van der Waals surface area contributed by atoms with Crippen molar-refractivity contribution in [3.8, 4) is 11.6 Å². The molecular weight excluding hydrogens is 269 g/mol. The number of benzene rings is 1. The molecule has 1 aromatic carbocycles. The van der Waals surface area contributed by atoms with E-state index in [0.717, 1.165) is 36.6 Å². The lowest BCUT2D eigenvalue weighted by atomic mass is 10.2. The number of rotatable bonds is 5. The first kappa shape index (κ1) is 13.8. The van der Waals surface area contributed by atoms with Crippen LogP contribution in [0.15, 0.2) is 24.3 Å². The topological polar surface area (TPSA) is 47.0 Å². The first-order valence-electron chi connectivity index (χ1n) is 7.22. The third kappa shape index (κ3) is 3.29. The lowest BCUT2D eigenvalue weighted by Crippen LogP contribution is -2.04. The molecule has 1 aliphatic rings. The molecule has 1 aromatic heterocycles. The molecule has 3 rings (SSSR count). The molecule has 110 valence electrons. The average molecular weight is 287 g/mol. The maximum atomic E-state index is 13.3. The Morgan fingerprint density at radius 3 is 2.81 bits per heavy atom. The molecule has 5 heteroatoms. The van der Waals surface area contributed by atoms with Crippen LogP contribution in [-0.4, -0.2) is 16.5 Å². The molecule has 1 N–H and O–H groups in total. The van der Waals surface area contributed by atoms with E-state index in [1.54, 1.807) is 12.1 Å². The van der Waals surface area contributed by atoms with Crippen molar-refractivity contribution < 1.29 is 9.13 Å². The van der Waals surface area contributed by atoms with Crippen molar-refractivity contribution in [1.82, 2.24) is 9.97 Å². The molecule has 0 aliphatic heterocycles. The largest absolute Gasteiger partial charge is 0.438 e. The minimum Gasteiger partial charge on any atom is -0.438 e. The van der Waals surface area contributed by atoms with Gasteiger partial charge in [-0.3, -0.25) is 0 Å².